The predicted molar refractivity (Wildman–Crippen MR) is 87.2 cm³/mol. The van der Waals surface area contributed by atoms with Gasteiger partial charge in [0.05, 0.1) is 5.54 Å². The average Bonchev–Trinajstić information content (AvgIpc) is 2.52. The fourth-order valence-corrected chi connectivity index (χ4v) is 3.61. The normalized spacial score (nSPS) is 22.9. The second kappa shape index (κ2) is 8.74. The molecule has 21 heavy (non-hydrogen) atoms. The van der Waals surface area contributed by atoms with Gasteiger partial charge in [0.2, 0.25) is 5.91 Å². The van der Waals surface area contributed by atoms with E-state index in [9.17, 15) is 4.79 Å². The first-order valence-corrected chi connectivity index (χ1v) is 9.00. The van der Waals surface area contributed by atoms with Crippen molar-refractivity contribution >= 4 is 5.91 Å². The summed E-state index contributed by atoms with van der Waals surface area (Å²) in [7, 11) is 0. The van der Waals surface area contributed by atoms with Crippen LogP contribution in [0.4, 0.5) is 0 Å². The van der Waals surface area contributed by atoms with E-state index >= 15 is 0 Å². The number of nitrogens with zero attached hydrogens (tertiary/aromatic N) is 1. The second-order valence-electron chi connectivity index (χ2n) is 6.94. The van der Waals surface area contributed by atoms with Gasteiger partial charge in [0.25, 0.3) is 0 Å². The number of carbonyl (C=O) groups is 1. The molecule has 1 saturated heterocycles. The Morgan fingerprint density at radius 3 is 2.33 bits per heavy atom. The predicted octanol–water partition coefficient (Wildman–Crippen LogP) is 2.42. The number of nitrogens with one attached hydrogen (secondary N) is 1. The molecular formula is C17H33N3O. The minimum absolute atomic E-state index is 0.0817. The summed E-state index contributed by atoms with van der Waals surface area (Å²) in [6, 6.07) is 0. The molecule has 0 bridgehead atoms. The van der Waals surface area contributed by atoms with Crippen molar-refractivity contribution in [2.45, 2.75) is 76.2 Å². The van der Waals surface area contributed by atoms with E-state index in [1.807, 2.05) is 0 Å². The van der Waals surface area contributed by atoms with E-state index in [1.54, 1.807) is 0 Å². The number of rotatable bonds is 7. The van der Waals surface area contributed by atoms with Crippen LogP contribution in [0.2, 0.25) is 0 Å². The minimum atomic E-state index is -0.577. The van der Waals surface area contributed by atoms with Crippen molar-refractivity contribution in [2.75, 3.05) is 26.2 Å². The Labute approximate surface area is 129 Å². The zero-order valence-electron chi connectivity index (χ0n) is 13.5. The Morgan fingerprint density at radius 2 is 1.62 bits per heavy atom. The Morgan fingerprint density at radius 1 is 0.952 bits per heavy atom. The van der Waals surface area contributed by atoms with Crippen molar-refractivity contribution in [2.24, 2.45) is 5.73 Å². The zero-order valence-corrected chi connectivity index (χ0v) is 13.5. The molecule has 1 amide bonds. The van der Waals surface area contributed by atoms with Gasteiger partial charge in [-0.05, 0) is 58.2 Å². The summed E-state index contributed by atoms with van der Waals surface area (Å²) in [5.74, 6) is 0.0817. The van der Waals surface area contributed by atoms with Crippen molar-refractivity contribution in [3.63, 3.8) is 0 Å². The lowest BCUT2D eigenvalue weighted by Gasteiger charge is -2.31. The molecule has 1 saturated carbocycles. The van der Waals surface area contributed by atoms with E-state index in [2.05, 4.69) is 10.2 Å². The monoisotopic (exact) mass is 295 g/mol. The van der Waals surface area contributed by atoms with Crippen LogP contribution in [-0.4, -0.2) is 42.5 Å². The first-order valence-electron chi connectivity index (χ1n) is 9.00. The average molecular weight is 295 g/mol. The quantitative estimate of drug-likeness (QED) is 0.709. The van der Waals surface area contributed by atoms with E-state index in [0.29, 0.717) is 0 Å². The maximum Gasteiger partial charge on any atom is 0.240 e. The lowest BCUT2D eigenvalue weighted by Crippen LogP contribution is -2.55. The summed E-state index contributed by atoms with van der Waals surface area (Å²) >= 11 is 0. The van der Waals surface area contributed by atoms with Gasteiger partial charge in [-0.3, -0.25) is 4.79 Å². The Balaban J connectivity index is 1.50. The number of hydrogen-bond donors (Lipinski definition) is 2. The molecule has 122 valence electrons. The molecule has 2 fully saturated rings. The number of piperidine rings is 1. The Bertz CT molecular complexity index is 307. The van der Waals surface area contributed by atoms with Gasteiger partial charge in [0.1, 0.15) is 0 Å². The molecule has 4 heteroatoms. The third kappa shape index (κ3) is 5.59. The fourth-order valence-electron chi connectivity index (χ4n) is 3.61. The number of unbranched alkanes of at least 4 members (excludes halogenated alkanes) is 2. The molecule has 0 atom stereocenters. The summed E-state index contributed by atoms with van der Waals surface area (Å²) < 4.78 is 0. The SMILES string of the molecule is NC1(C(=O)NCCCCCN2CCCCC2)CCCCC1. The van der Waals surface area contributed by atoms with Gasteiger partial charge in [0.15, 0.2) is 0 Å². The summed E-state index contributed by atoms with van der Waals surface area (Å²) in [5.41, 5.74) is 5.64. The number of hydrogen-bond acceptors (Lipinski definition) is 3. The van der Waals surface area contributed by atoms with Crippen LogP contribution >= 0.6 is 0 Å². The first kappa shape index (κ1) is 16.8. The number of amides is 1. The van der Waals surface area contributed by atoms with E-state index in [4.69, 9.17) is 5.73 Å². The van der Waals surface area contributed by atoms with Crippen LogP contribution in [0.3, 0.4) is 0 Å². The van der Waals surface area contributed by atoms with Gasteiger partial charge in [-0.1, -0.05) is 32.1 Å². The van der Waals surface area contributed by atoms with Crippen LogP contribution in [0, 0.1) is 0 Å². The molecule has 0 radical (unpaired) electrons. The Hall–Kier alpha value is -0.610. The summed E-state index contributed by atoms with van der Waals surface area (Å²) in [6.45, 7) is 4.59. The minimum Gasteiger partial charge on any atom is -0.355 e. The highest BCUT2D eigenvalue weighted by Crippen LogP contribution is 2.25. The topological polar surface area (TPSA) is 58.4 Å². The van der Waals surface area contributed by atoms with E-state index < -0.39 is 5.54 Å². The fraction of sp³-hybridized carbons (Fsp3) is 0.941. The van der Waals surface area contributed by atoms with Crippen molar-refractivity contribution in [3.05, 3.63) is 0 Å². The van der Waals surface area contributed by atoms with Gasteiger partial charge < -0.3 is 16.0 Å². The van der Waals surface area contributed by atoms with Crippen molar-refractivity contribution < 1.29 is 4.79 Å². The lowest BCUT2D eigenvalue weighted by atomic mass is 9.82. The molecule has 0 aromatic heterocycles. The van der Waals surface area contributed by atoms with Gasteiger partial charge in [-0.15, -0.1) is 0 Å². The maximum atomic E-state index is 12.2. The van der Waals surface area contributed by atoms with Crippen LogP contribution in [0.5, 0.6) is 0 Å². The largest absolute Gasteiger partial charge is 0.355 e. The van der Waals surface area contributed by atoms with Crippen molar-refractivity contribution in [1.82, 2.24) is 10.2 Å². The molecule has 2 rings (SSSR count). The van der Waals surface area contributed by atoms with Crippen LogP contribution in [0.25, 0.3) is 0 Å². The van der Waals surface area contributed by atoms with Crippen LogP contribution in [0.1, 0.15) is 70.6 Å². The third-order valence-corrected chi connectivity index (χ3v) is 5.08. The first-order chi connectivity index (χ1) is 10.2. The molecule has 0 aromatic rings. The highest BCUT2D eigenvalue weighted by molar-refractivity contribution is 5.86. The zero-order chi connectivity index (χ0) is 15.0. The standard InChI is InChI=1S/C17H33N3O/c18-17(10-4-1-5-11-17)16(21)19-12-6-2-7-13-20-14-8-3-9-15-20/h1-15,18H2,(H,19,21). The van der Waals surface area contributed by atoms with Gasteiger partial charge in [0, 0.05) is 6.54 Å². The van der Waals surface area contributed by atoms with Crippen LogP contribution < -0.4 is 11.1 Å². The number of nitrogens with two attached hydrogens (primary N) is 1. The molecule has 0 unspecified atom stereocenters. The number of likely N-dealkylation sites (tertiary alicyclic amines) is 1. The molecule has 1 heterocycles. The summed E-state index contributed by atoms with van der Waals surface area (Å²) in [4.78, 5) is 14.7. The lowest BCUT2D eigenvalue weighted by molar-refractivity contribution is -0.127. The molecule has 1 aliphatic carbocycles. The summed E-state index contributed by atoms with van der Waals surface area (Å²) in [5, 5.41) is 3.05. The van der Waals surface area contributed by atoms with Gasteiger partial charge >= 0.3 is 0 Å². The molecule has 4 nitrogen and oxygen atoms in total. The highest BCUT2D eigenvalue weighted by atomic mass is 16.2. The maximum absolute atomic E-state index is 12.2. The molecule has 3 N–H and O–H groups in total. The molecule has 0 spiro atoms. The van der Waals surface area contributed by atoms with Crippen LogP contribution in [-0.2, 0) is 4.79 Å². The molecule has 0 aromatic carbocycles. The van der Waals surface area contributed by atoms with E-state index in [-0.39, 0.29) is 5.91 Å². The smallest absolute Gasteiger partial charge is 0.240 e. The van der Waals surface area contributed by atoms with Gasteiger partial charge in [-0.2, -0.15) is 0 Å². The Kier molecular flexibility index (Phi) is 6.97. The molecule has 1 aliphatic heterocycles. The number of carbonyl (C=O) groups excluding carboxylic acids is 1. The van der Waals surface area contributed by atoms with Crippen LogP contribution in [0.15, 0.2) is 0 Å². The third-order valence-electron chi connectivity index (χ3n) is 5.08. The second-order valence-corrected chi connectivity index (χ2v) is 6.94. The highest BCUT2D eigenvalue weighted by Gasteiger charge is 2.34. The van der Waals surface area contributed by atoms with Crippen molar-refractivity contribution in [3.8, 4) is 0 Å². The van der Waals surface area contributed by atoms with Crippen molar-refractivity contribution in [1.29, 1.82) is 0 Å². The van der Waals surface area contributed by atoms with Gasteiger partial charge in [-0.25, -0.2) is 0 Å². The molecule has 2 aliphatic rings. The van der Waals surface area contributed by atoms with E-state index in [0.717, 1.165) is 38.6 Å². The van der Waals surface area contributed by atoms with E-state index in [1.165, 1.54) is 58.2 Å². The summed E-state index contributed by atoms with van der Waals surface area (Å²) in [6.07, 6.45) is 12.8. The molecular weight excluding hydrogens is 262 g/mol.